The van der Waals surface area contributed by atoms with Gasteiger partial charge in [0.1, 0.15) is 5.52 Å². The van der Waals surface area contributed by atoms with Gasteiger partial charge in [-0.05, 0) is 23.7 Å². The topological polar surface area (TPSA) is 41.0 Å². The van der Waals surface area contributed by atoms with Gasteiger partial charge < -0.3 is 10.2 Å². The number of fused-ring (bicyclic) bond motifs is 1. The summed E-state index contributed by atoms with van der Waals surface area (Å²) in [5.41, 5.74) is 2.27. The summed E-state index contributed by atoms with van der Waals surface area (Å²) in [6, 6.07) is 6.29. The van der Waals surface area contributed by atoms with E-state index in [1.807, 2.05) is 0 Å². The Kier molecular flexibility index (Phi) is 2.26. The van der Waals surface area contributed by atoms with Crippen LogP contribution in [0, 0.1) is 0 Å². The third-order valence-corrected chi connectivity index (χ3v) is 3.40. The van der Waals surface area contributed by atoms with Gasteiger partial charge in [-0.3, -0.25) is 0 Å². The molecule has 15 heavy (non-hydrogen) atoms. The van der Waals surface area contributed by atoms with Crippen molar-refractivity contribution in [2.75, 3.05) is 31.1 Å². The van der Waals surface area contributed by atoms with E-state index >= 15 is 0 Å². The lowest BCUT2D eigenvalue weighted by Gasteiger charge is -2.29. The number of rotatable bonds is 1. The largest absolute Gasteiger partial charge is 0.367 e. The Hall–Kier alpha value is -1.20. The fourth-order valence-corrected chi connectivity index (χ4v) is 2.53. The van der Waals surface area contributed by atoms with Crippen molar-refractivity contribution in [1.29, 1.82) is 0 Å². The number of hydrogen-bond acceptors (Lipinski definition) is 5. The molecule has 0 radical (unpaired) electrons. The Morgan fingerprint density at radius 2 is 2.13 bits per heavy atom. The van der Waals surface area contributed by atoms with Crippen molar-refractivity contribution < 1.29 is 0 Å². The maximum absolute atomic E-state index is 4.20. The Bertz CT molecular complexity index is 461. The van der Waals surface area contributed by atoms with E-state index in [1.165, 1.54) is 21.9 Å². The average molecular weight is 220 g/mol. The summed E-state index contributed by atoms with van der Waals surface area (Å²) in [6.45, 7) is 4.20. The zero-order valence-corrected chi connectivity index (χ0v) is 9.13. The Balaban J connectivity index is 2.05. The highest BCUT2D eigenvalue weighted by molar-refractivity contribution is 7.13. The maximum Gasteiger partial charge on any atom is 0.129 e. The zero-order chi connectivity index (χ0) is 10.1. The van der Waals surface area contributed by atoms with Crippen LogP contribution in [0.2, 0.25) is 0 Å². The van der Waals surface area contributed by atoms with Crippen LogP contribution < -0.4 is 10.2 Å². The Morgan fingerprint density at radius 3 is 3.00 bits per heavy atom. The van der Waals surface area contributed by atoms with Gasteiger partial charge in [-0.15, -0.1) is 5.10 Å². The van der Waals surface area contributed by atoms with Crippen molar-refractivity contribution in [3.05, 3.63) is 18.2 Å². The summed E-state index contributed by atoms with van der Waals surface area (Å²) in [4.78, 5) is 2.38. The molecule has 78 valence electrons. The fourth-order valence-electron chi connectivity index (χ4n) is 1.95. The van der Waals surface area contributed by atoms with E-state index in [2.05, 4.69) is 38.0 Å². The number of nitrogens with one attached hydrogen (secondary N) is 1. The minimum absolute atomic E-state index is 1.05. The molecule has 0 atom stereocenters. The Morgan fingerprint density at radius 1 is 1.27 bits per heavy atom. The molecule has 3 rings (SSSR count). The van der Waals surface area contributed by atoms with Crippen LogP contribution in [0.5, 0.6) is 0 Å². The van der Waals surface area contributed by atoms with Crippen LogP contribution in [-0.2, 0) is 0 Å². The SMILES string of the molecule is c1cc(N2CCNCC2)c2nnsc2c1. The molecule has 4 nitrogen and oxygen atoms in total. The number of anilines is 1. The summed E-state index contributed by atoms with van der Waals surface area (Å²) in [6.07, 6.45) is 0. The highest BCUT2D eigenvalue weighted by Crippen LogP contribution is 2.26. The average Bonchev–Trinajstić information content (AvgIpc) is 2.78. The first-order valence-electron chi connectivity index (χ1n) is 5.12. The third kappa shape index (κ3) is 1.57. The number of hydrogen-bond donors (Lipinski definition) is 1. The molecule has 1 aromatic carbocycles. The molecule has 5 heteroatoms. The minimum atomic E-state index is 1.05. The molecule has 1 saturated heterocycles. The summed E-state index contributed by atoms with van der Waals surface area (Å²) in [7, 11) is 0. The van der Waals surface area contributed by atoms with Crippen LogP contribution in [-0.4, -0.2) is 35.8 Å². The van der Waals surface area contributed by atoms with Crippen molar-refractivity contribution >= 4 is 27.4 Å². The van der Waals surface area contributed by atoms with E-state index in [4.69, 9.17) is 0 Å². The van der Waals surface area contributed by atoms with Gasteiger partial charge in [0.05, 0.1) is 10.4 Å². The summed E-state index contributed by atoms with van der Waals surface area (Å²) in [5.74, 6) is 0. The molecule has 1 aromatic heterocycles. The molecule has 2 aromatic rings. The molecule has 1 aliphatic rings. The van der Waals surface area contributed by atoms with Crippen LogP contribution in [0.25, 0.3) is 10.2 Å². The standard InChI is InChI=1S/C10H12N4S/c1-2-8(14-6-4-11-5-7-14)10-9(3-1)15-13-12-10/h1-3,11H,4-7H2. The number of nitrogens with zero attached hydrogens (tertiary/aromatic N) is 3. The molecule has 0 spiro atoms. The van der Waals surface area contributed by atoms with Gasteiger partial charge >= 0.3 is 0 Å². The van der Waals surface area contributed by atoms with Gasteiger partial charge in [0, 0.05) is 26.2 Å². The van der Waals surface area contributed by atoms with Gasteiger partial charge in [0.25, 0.3) is 0 Å². The van der Waals surface area contributed by atoms with Crippen LogP contribution in [0.1, 0.15) is 0 Å². The van der Waals surface area contributed by atoms with Gasteiger partial charge in [-0.25, -0.2) is 0 Å². The molecule has 1 fully saturated rings. The smallest absolute Gasteiger partial charge is 0.129 e. The highest BCUT2D eigenvalue weighted by atomic mass is 32.1. The molecule has 0 aliphatic carbocycles. The van der Waals surface area contributed by atoms with Gasteiger partial charge in [-0.2, -0.15) is 0 Å². The minimum Gasteiger partial charge on any atom is -0.367 e. The normalized spacial score (nSPS) is 17.2. The zero-order valence-electron chi connectivity index (χ0n) is 8.31. The molecule has 1 aliphatic heterocycles. The molecular weight excluding hydrogens is 208 g/mol. The molecule has 0 bridgehead atoms. The first-order chi connectivity index (χ1) is 7.45. The quantitative estimate of drug-likeness (QED) is 0.781. The van der Waals surface area contributed by atoms with Crippen LogP contribution >= 0.6 is 11.5 Å². The molecule has 0 amide bonds. The molecule has 2 heterocycles. The van der Waals surface area contributed by atoms with E-state index in [0.29, 0.717) is 0 Å². The molecule has 1 N–H and O–H groups in total. The van der Waals surface area contributed by atoms with Crippen molar-refractivity contribution in [2.24, 2.45) is 0 Å². The Labute approximate surface area is 92.1 Å². The van der Waals surface area contributed by atoms with Gasteiger partial charge in [0.2, 0.25) is 0 Å². The second-order valence-electron chi connectivity index (χ2n) is 3.63. The maximum atomic E-state index is 4.20. The molecule has 0 unspecified atom stereocenters. The highest BCUT2D eigenvalue weighted by Gasteiger charge is 2.14. The van der Waals surface area contributed by atoms with Gasteiger partial charge in [0.15, 0.2) is 0 Å². The van der Waals surface area contributed by atoms with Crippen molar-refractivity contribution in [2.45, 2.75) is 0 Å². The number of piperazine rings is 1. The second-order valence-corrected chi connectivity index (χ2v) is 4.42. The van der Waals surface area contributed by atoms with E-state index in [1.54, 1.807) is 0 Å². The van der Waals surface area contributed by atoms with Crippen LogP contribution in [0.3, 0.4) is 0 Å². The van der Waals surface area contributed by atoms with E-state index in [0.717, 1.165) is 31.7 Å². The monoisotopic (exact) mass is 220 g/mol. The predicted molar refractivity (Wildman–Crippen MR) is 62.5 cm³/mol. The van der Waals surface area contributed by atoms with Crippen LogP contribution in [0.15, 0.2) is 18.2 Å². The van der Waals surface area contributed by atoms with Crippen LogP contribution in [0.4, 0.5) is 5.69 Å². The number of aromatic nitrogens is 2. The fraction of sp³-hybridized carbons (Fsp3) is 0.400. The lowest BCUT2D eigenvalue weighted by atomic mass is 10.2. The second kappa shape index (κ2) is 3.75. The van der Waals surface area contributed by atoms with E-state index in [9.17, 15) is 0 Å². The van der Waals surface area contributed by atoms with Gasteiger partial charge in [-0.1, -0.05) is 10.6 Å². The lowest BCUT2D eigenvalue weighted by molar-refractivity contribution is 0.590. The third-order valence-electron chi connectivity index (χ3n) is 2.72. The number of benzene rings is 1. The molecular formula is C10H12N4S. The van der Waals surface area contributed by atoms with E-state index < -0.39 is 0 Å². The van der Waals surface area contributed by atoms with Crippen molar-refractivity contribution in [1.82, 2.24) is 14.9 Å². The summed E-state index contributed by atoms with van der Waals surface area (Å²) < 4.78 is 5.18. The lowest BCUT2D eigenvalue weighted by Crippen LogP contribution is -2.43. The summed E-state index contributed by atoms with van der Waals surface area (Å²) in [5, 5.41) is 7.55. The van der Waals surface area contributed by atoms with Crippen molar-refractivity contribution in [3.63, 3.8) is 0 Å². The van der Waals surface area contributed by atoms with Crippen molar-refractivity contribution in [3.8, 4) is 0 Å². The van der Waals surface area contributed by atoms with E-state index in [-0.39, 0.29) is 0 Å². The summed E-state index contributed by atoms with van der Waals surface area (Å²) >= 11 is 1.46. The first kappa shape index (κ1) is 9.06. The molecule has 0 saturated carbocycles. The predicted octanol–water partition coefficient (Wildman–Crippen LogP) is 1.10. The first-order valence-corrected chi connectivity index (χ1v) is 5.89.